The Hall–Kier alpha value is -1.55. The van der Waals surface area contributed by atoms with Crippen molar-refractivity contribution in [2.75, 3.05) is 32.1 Å². The van der Waals surface area contributed by atoms with E-state index in [0.29, 0.717) is 5.92 Å². The first kappa shape index (κ1) is 21.7. The first-order valence-electron chi connectivity index (χ1n) is 10.9. The lowest BCUT2D eigenvalue weighted by molar-refractivity contribution is 0.199. The lowest BCUT2D eigenvalue weighted by Gasteiger charge is -2.30. The summed E-state index contributed by atoms with van der Waals surface area (Å²) in [6.07, 6.45) is 13.6. The molecule has 1 aromatic carbocycles. The number of carbonyl (C=O) groups is 1. The van der Waals surface area contributed by atoms with Crippen LogP contribution in [0.1, 0.15) is 64.2 Å². The molecule has 3 rings (SSSR count). The van der Waals surface area contributed by atoms with E-state index in [9.17, 15) is 4.79 Å². The Kier molecular flexibility index (Phi) is 9.68. The minimum absolute atomic E-state index is 0.0803. The molecule has 4 nitrogen and oxygen atoms in total. The normalized spacial score (nSPS) is 18.3. The van der Waals surface area contributed by atoms with Crippen molar-refractivity contribution in [2.45, 2.75) is 64.2 Å². The van der Waals surface area contributed by atoms with Gasteiger partial charge in [-0.15, -0.1) is 0 Å². The number of nitrogens with two attached hydrogens (primary N) is 1. The lowest BCUT2D eigenvalue weighted by Crippen LogP contribution is -2.41. The quantitative estimate of drug-likeness (QED) is 0.780. The molecule has 2 aliphatic carbocycles. The summed E-state index contributed by atoms with van der Waals surface area (Å²) < 4.78 is 0. The number of para-hydroxylation sites is 1. The summed E-state index contributed by atoms with van der Waals surface area (Å²) in [5, 5.41) is 0. The number of nitrogens with zero attached hydrogens (tertiary/aromatic N) is 2. The number of hydrogen-bond donors (Lipinski definition) is 1. The maximum atomic E-state index is 12.4. The third-order valence-electron chi connectivity index (χ3n) is 6.07. The monoisotopic (exact) mass is 373 g/mol. The molecular weight excluding hydrogens is 334 g/mol. The van der Waals surface area contributed by atoms with Gasteiger partial charge in [-0.05, 0) is 56.2 Å². The van der Waals surface area contributed by atoms with Crippen molar-refractivity contribution in [3.8, 4) is 0 Å². The predicted molar refractivity (Wildman–Crippen MR) is 115 cm³/mol. The van der Waals surface area contributed by atoms with Crippen molar-refractivity contribution < 1.29 is 4.79 Å². The smallest absolute Gasteiger partial charge is 0.323 e. The maximum absolute atomic E-state index is 12.4. The van der Waals surface area contributed by atoms with E-state index < -0.39 is 0 Å². The molecule has 0 spiro atoms. The predicted octanol–water partition coefficient (Wildman–Crippen LogP) is 5.28. The molecule has 2 aliphatic rings. The Morgan fingerprint density at radius 2 is 1.41 bits per heavy atom. The van der Waals surface area contributed by atoms with Crippen LogP contribution in [0.25, 0.3) is 0 Å². The minimum atomic E-state index is 0.0803. The molecule has 0 atom stereocenters. The van der Waals surface area contributed by atoms with Gasteiger partial charge in [0.15, 0.2) is 0 Å². The van der Waals surface area contributed by atoms with E-state index in [2.05, 4.69) is 0 Å². The van der Waals surface area contributed by atoms with Crippen LogP contribution in [-0.2, 0) is 0 Å². The van der Waals surface area contributed by atoms with Gasteiger partial charge in [0.25, 0.3) is 0 Å². The largest absolute Gasteiger partial charge is 0.330 e. The van der Waals surface area contributed by atoms with Crippen molar-refractivity contribution in [2.24, 2.45) is 17.6 Å². The molecule has 27 heavy (non-hydrogen) atoms. The van der Waals surface area contributed by atoms with E-state index in [1.54, 1.807) is 4.90 Å². The molecule has 0 aromatic heterocycles. The zero-order valence-electron chi connectivity index (χ0n) is 17.4. The Morgan fingerprint density at radius 1 is 0.889 bits per heavy atom. The van der Waals surface area contributed by atoms with Gasteiger partial charge in [-0.2, -0.15) is 0 Å². The third-order valence-corrected chi connectivity index (χ3v) is 6.07. The van der Waals surface area contributed by atoms with Crippen LogP contribution >= 0.6 is 0 Å². The van der Waals surface area contributed by atoms with Crippen LogP contribution in [0.2, 0.25) is 0 Å². The Morgan fingerprint density at radius 3 is 1.89 bits per heavy atom. The van der Waals surface area contributed by atoms with Crippen LogP contribution in [0, 0.1) is 11.8 Å². The van der Waals surface area contributed by atoms with Crippen LogP contribution in [0.4, 0.5) is 10.5 Å². The Labute approximate surface area is 166 Å². The minimum Gasteiger partial charge on any atom is -0.330 e. The molecule has 2 saturated carbocycles. The van der Waals surface area contributed by atoms with E-state index in [4.69, 9.17) is 5.73 Å². The maximum Gasteiger partial charge on any atom is 0.323 e. The fourth-order valence-corrected chi connectivity index (χ4v) is 4.28. The van der Waals surface area contributed by atoms with Gasteiger partial charge in [0.1, 0.15) is 0 Å². The van der Waals surface area contributed by atoms with Crippen LogP contribution in [0.5, 0.6) is 0 Å². The fraction of sp³-hybridized carbons (Fsp3) is 0.696. The molecule has 4 heteroatoms. The van der Waals surface area contributed by atoms with Crippen molar-refractivity contribution in [1.29, 1.82) is 0 Å². The second-order valence-electron chi connectivity index (χ2n) is 8.30. The highest BCUT2D eigenvalue weighted by molar-refractivity contribution is 5.91. The van der Waals surface area contributed by atoms with Gasteiger partial charge >= 0.3 is 6.03 Å². The summed E-state index contributed by atoms with van der Waals surface area (Å²) in [6, 6.07) is 9.89. The van der Waals surface area contributed by atoms with Crippen LogP contribution in [0.15, 0.2) is 30.3 Å². The lowest BCUT2D eigenvalue weighted by atomic mass is 9.89. The summed E-state index contributed by atoms with van der Waals surface area (Å²) >= 11 is 0. The summed E-state index contributed by atoms with van der Waals surface area (Å²) in [5.41, 5.74) is 6.45. The summed E-state index contributed by atoms with van der Waals surface area (Å²) in [5.74, 6) is 1.55. The molecule has 0 unspecified atom stereocenters. The molecule has 152 valence electrons. The van der Waals surface area contributed by atoms with Gasteiger partial charge in [-0.25, -0.2) is 4.79 Å². The third kappa shape index (κ3) is 7.53. The summed E-state index contributed by atoms with van der Waals surface area (Å²) in [6.45, 7) is 1.80. The number of rotatable bonds is 4. The average molecular weight is 374 g/mol. The Balaban J connectivity index is 0.000000273. The molecule has 0 aliphatic heterocycles. The molecule has 0 heterocycles. The molecule has 2 N–H and O–H groups in total. The zero-order valence-corrected chi connectivity index (χ0v) is 17.4. The number of amides is 2. The van der Waals surface area contributed by atoms with E-state index in [-0.39, 0.29) is 6.03 Å². The van der Waals surface area contributed by atoms with E-state index >= 15 is 0 Å². The van der Waals surface area contributed by atoms with Gasteiger partial charge in [0, 0.05) is 26.3 Å². The number of anilines is 1. The summed E-state index contributed by atoms with van der Waals surface area (Å²) in [4.78, 5) is 16.0. The van der Waals surface area contributed by atoms with Crippen LogP contribution < -0.4 is 10.6 Å². The van der Waals surface area contributed by atoms with Gasteiger partial charge < -0.3 is 10.6 Å². The van der Waals surface area contributed by atoms with Gasteiger partial charge in [-0.3, -0.25) is 4.90 Å². The van der Waals surface area contributed by atoms with Crippen molar-refractivity contribution in [1.82, 2.24) is 4.90 Å². The molecule has 1 aromatic rings. The van der Waals surface area contributed by atoms with Crippen molar-refractivity contribution >= 4 is 11.7 Å². The van der Waals surface area contributed by atoms with E-state index in [0.717, 1.165) is 24.7 Å². The van der Waals surface area contributed by atoms with Gasteiger partial charge in [-0.1, -0.05) is 56.7 Å². The van der Waals surface area contributed by atoms with Crippen molar-refractivity contribution in [3.63, 3.8) is 0 Å². The Bertz CT molecular complexity index is 522. The number of carbonyl (C=O) groups excluding carboxylic acids is 1. The first-order chi connectivity index (χ1) is 13.1. The number of urea groups is 1. The highest BCUT2D eigenvalue weighted by atomic mass is 16.2. The molecular formula is C23H39N3O. The van der Waals surface area contributed by atoms with E-state index in [1.165, 1.54) is 64.2 Å². The highest BCUT2D eigenvalue weighted by Crippen LogP contribution is 2.25. The standard InChI is InChI=1S/C16H24N2O.C7H15N/c1-17(13-14-9-5-3-6-10-14)16(19)18(2)15-11-7-4-8-12-15;8-6-7-4-2-1-3-5-7/h4,7-8,11-12,14H,3,5-6,9-10,13H2,1-2H3;7H,1-6,8H2. The SMILES string of the molecule is CN(CC1CCCCC1)C(=O)N(C)c1ccccc1.NCC1CCCCC1. The molecule has 2 fully saturated rings. The zero-order chi connectivity index (χ0) is 19.5. The van der Waals surface area contributed by atoms with E-state index in [1.807, 2.05) is 49.3 Å². The van der Waals surface area contributed by atoms with Gasteiger partial charge in [0.2, 0.25) is 0 Å². The second kappa shape index (κ2) is 12.0. The fourth-order valence-electron chi connectivity index (χ4n) is 4.28. The van der Waals surface area contributed by atoms with Crippen LogP contribution in [0.3, 0.4) is 0 Å². The molecule has 0 bridgehead atoms. The van der Waals surface area contributed by atoms with Crippen molar-refractivity contribution in [3.05, 3.63) is 30.3 Å². The highest BCUT2D eigenvalue weighted by Gasteiger charge is 2.20. The number of hydrogen-bond acceptors (Lipinski definition) is 2. The molecule has 2 amide bonds. The summed E-state index contributed by atoms with van der Waals surface area (Å²) in [7, 11) is 3.76. The number of benzene rings is 1. The average Bonchev–Trinajstić information content (AvgIpc) is 2.75. The topological polar surface area (TPSA) is 49.6 Å². The second-order valence-corrected chi connectivity index (χ2v) is 8.30. The molecule has 0 saturated heterocycles. The molecule has 0 radical (unpaired) electrons. The first-order valence-corrected chi connectivity index (χ1v) is 10.9. The van der Waals surface area contributed by atoms with Crippen LogP contribution in [-0.4, -0.2) is 38.1 Å². The van der Waals surface area contributed by atoms with Gasteiger partial charge in [0.05, 0.1) is 0 Å².